The maximum atomic E-state index is 11.6. The van der Waals surface area contributed by atoms with Gasteiger partial charge in [0.25, 0.3) is 5.69 Å². The molecule has 9 heteroatoms. The summed E-state index contributed by atoms with van der Waals surface area (Å²) in [6.45, 7) is 0.997. The van der Waals surface area contributed by atoms with Crippen LogP contribution in [-0.4, -0.2) is 35.0 Å². The summed E-state index contributed by atoms with van der Waals surface area (Å²) >= 11 is 0. The van der Waals surface area contributed by atoms with Crippen LogP contribution in [0.4, 0.5) is 5.69 Å². The number of sulfone groups is 1. The van der Waals surface area contributed by atoms with Crippen molar-refractivity contribution in [3.8, 4) is 0 Å². The van der Waals surface area contributed by atoms with Gasteiger partial charge in [0.2, 0.25) is 9.84 Å². The van der Waals surface area contributed by atoms with Crippen molar-refractivity contribution in [2.45, 2.75) is 17.3 Å². The van der Waals surface area contributed by atoms with Gasteiger partial charge in [-0.25, -0.2) is 13.2 Å². The molecule has 0 spiro atoms. The number of hydrogen-bond acceptors (Lipinski definition) is 6. The van der Waals surface area contributed by atoms with Gasteiger partial charge in [-0.1, -0.05) is 0 Å². The van der Waals surface area contributed by atoms with Gasteiger partial charge in [-0.3, -0.25) is 10.1 Å². The number of hydrogen-bond donors (Lipinski definition) is 2. The third-order valence-electron chi connectivity index (χ3n) is 2.17. The van der Waals surface area contributed by atoms with Crippen LogP contribution in [0, 0.1) is 10.1 Å². The molecule has 0 saturated heterocycles. The standard InChI is InChI=1S/C9H9NO7S/c1-5(11)18(16,17)6-2-3-8(10(14)15)7(4-6)9(12)13/h2-5,11H,1H3,(H,12,13). The van der Waals surface area contributed by atoms with Gasteiger partial charge < -0.3 is 10.2 Å². The lowest BCUT2D eigenvalue weighted by Gasteiger charge is -2.07. The van der Waals surface area contributed by atoms with Crippen molar-refractivity contribution < 1.29 is 28.3 Å². The zero-order valence-corrected chi connectivity index (χ0v) is 9.92. The first-order chi connectivity index (χ1) is 8.17. The number of nitro groups is 1. The smallest absolute Gasteiger partial charge is 0.342 e. The van der Waals surface area contributed by atoms with E-state index in [1.165, 1.54) is 0 Å². The molecule has 8 nitrogen and oxygen atoms in total. The molecule has 1 unspecified atom stereocenters. The Hall–Kier alpha value is -2.00. The number of carboxylic acid groups (broad SMARTS) is 1. The molecule has 0 bridgehead atoms. The van der Waals surface area contributed by atoms with Gasteiger partial charge in [0.15, 0.2) is 5.44 Å². The average Bonchev–Trinajstić information content (AvgIpc) is 2.27. The number of aromatic carboxylic acids is 1. The molecule has 1 aromatic carbocycles. The maximum Gasteiger partial charge on any atom is 0.342 e. The van der Waals surface area contributed by atoms with Crippen LogP contribution in [0.25, 0.3) is 0 Å². The molecule has 0 aromatic heterocycles. The van der Waals surface area contributed by atoms with E-state index >= 15 is 0 Å². The lowest BCUT2D eigenvalue weighted by Crippen LogP contribution is -2.17. The number of carbonyl (C=O) groups is 1. The lowest BCUT2D eigenvalue weighted by molar-refractivity contribution is -0.385. The van der Waals surface area contributed by atoms with Gasteiger partial charge in [0.1, 0.15) is 5.56 Å². The second kappa shape index (κ2) is 4.70. The van der Waals surface area contributed by atoms with Gasteiger partial charge in [-0.2, -0.15) is 0 Å². The molecule has 18 heavy (non-hydrogen) atoms. The molecular weight excluding hydrogens is 266 g/mol. The maximum absolute atomic E-state index is 11.6. The summed E-state index contributed by atoms with van der Waals surface area (Å²) in [7, 11) is -4.11. The minimum absolute atomic E-state index is 0.486. The van der Waals surface area contributed by atoms with E-state index < -0.39 is 42.3 Å². The SMILES string of the molecule is CC(O)S(=O)(=O)c1ccc([N+](=O)[O-])c(C(=O)O)c1. The molecule has 98 valence electrons. The van der Waals surface area contributed by atoms with Crippen LogP contribution >= 0.6 is 0 Å². The van der Waals surface area contributed by atoms with E-state index in [2.05, 4.69) is 0 Å². The van der Waals surface area contributed by atoms with Crippen LogP contribution in [0.1, 0.15) is 17.3 Å². The van der Waals surface area contributed by atoms with E-state index in [1.807, 2.05) is 0 Å². The van der Waals surface area contributed by atoms with E-state index in [9.17, 15) is 23.3 Å². The first-order valence-corrected chi connectivity index (χ1v) is 6.16. The van der Waals surface area contributed by atoms with Crippen LogP contribution in [0.5, 0.6) is 0 Å². The fourth-order valence-corrected chi connectivity index (χ4v) is 2.15. The fraction of sp³-hybridized carbons (Fsp3) is 0.222. The number of rotatable bonds is 4. The van der Waals surface area contributed by atoms with E-state index in [-0.39, 0.29) is 0 Å². The first kappa shape index (κ1) is 14.1. The number of benzene rings is 1. The minimum atomic E-state index is -4.11. The van der Waals surface area contributed by atoms with E-state index in [0.717, 1.165) is 19.1 Å². The molecule has 0 aliphatic carbocycles. The van der Waals surface area contributed by atoms with Gasteiger partial charge >= 0.3 is 5.97 Å². The van der Waals surface area contributed by atoms with E-state index in [0.29, 0.717) is 6.07 Å². The Balaban J connectivity index is 3.51. The second-order valence-electron chi connectivity index (χ2n) is 3.39. The molecule has 1 rings (SSSR count). The molecule has 0 fully saturated rings. The Kier molecular flexibility index (Phi) is 3.67. The summed E-state index contributed by atoms with van der Waals surface area (Å²) in [5, 5.41) is 28.4. The highest BCUT2D eigenvalue weighted by Gasteiger charge is 2.26. The van der Waals surface area contributed by atoms with Gasteiger partial charge in [-0.15, -0.1) is 0 Å². The number of aliphatic hydroxyl groups excluding tert-OH is 1. The van der Waals surface area contributed by atoms with Crippen molar-refractivity contribution in [2.75, 3.05) is 0 Å². The van der Waals surface area contributed by atoms with Crippen LogP contribution < -0.4 is 0 Å². The topological polar surface area (TPSA) is 135 Å². The summed E-state index contributed by atoms with van der Waals surface area (Å²) in [4.78, 5) is 20.0. The highest BCUT2D eigenvalue weighted by atomic mass is 32.2. The fourth-order valence-electron chi connectivity index (χ4n) is 1.22. The molecule has 0 saturated carbocycles. The van der Waals surface area contributed by atoms with Gasteiger partial charge in [-0.05, 0) is 19.1 Å². The average molecular weight is 275 g/mol. The second-order valence-corrected chi connectivity index (χ2v) is 5.63. The first-order valence-electron chi connectivity index (χ1n) is 4.61. The third-order valence-corrected chi connectivity index (χ3v) is 3.98. The molecular formula is C9H9NO7S. The third kappa shape index (κ3) is 2.46. The van der Waals surface area contributed by atoms with Crippen molar-refractivity contribution in [1.82, 2.24) is 0 Å². The number of nitro benzene ring substituents is 1. The van der Waals surface area contributed by atoms with Crippen LogP contribution in [0.3, 0.4) is 0 Å². The summed E-state index contributed by atoms with van der Waals surface area (Å²) in [5.74, 6) is -1.62. The monoisotopic (exact) mass is 275 g/mol. The summed E-state index contributed by atoms with van der Waals surface area (Å²) in [5.41, 5.74) is -3.20. The summed E-state index contributed by atoms with van der Waals surface area (Å²) in [6, 6.07) is 2.31. The van der Waals surface area contributed by atoms with Gasteiger partial charge in [0, 0.05) is 6.07 Å². The largest absolute Gasteiger partial charge is 0.477 e. The number of carboxylic acids is 1. The Morgan fingerprint density at radius 2 is 2.00 bits per heavy atom. The van der Waals surface area contributed by atoms with Crippen molar-refractivity contribution >= 4 is 21.5 Å². The van der Waals surface area contributed by atoms with Crippen LogP contribution in [0.15, 0.2) is 23.1 Å². The highest BCUT2D eigenvalue weighted by Crippen LogP contribution is 2.24. The predicted molar refractivity (Wildman–Crippen MR) is 58.9 cm³/mol. The van der Waals surface area contributed by atoms with E-state index in [4.69, 9.17) is 10.2 Å². The molecule has 0 heterocycles. The summed E-state index contributed by atoms with van der Waals surface area (Å²) < 4.78 is 23.2. The Morgan fingerprint density at radius 3 is 2.39 bits per heavy atom. The highest BCUT2D eigenvalue weighted by molar-refractivity contribution is 7.91. The quantitative estimate of drug-likeness (QED) is 0.599. The molecule has 0 radical (unpaired) electrons. The Labute approximate surface area is 102 Å². The Bertz CT molecular complexity index is 605. The van der Waals surface area contributed by atoms with Crippen molar-refractivity contribution in [3.63, 3.8) is 0 Å². The van der Waals surface area contributed by atoms with Gasteiger partial charge in [0.05, 0.1) is 9.82 Å². The van der Waals surface area contributed by atoms with Crippen LogP contribution in [-0.2, 0) is 9.84 Å². The molecule has 0 amide bonds. The lowest BCUT2D eigenvalue weighted by atomic mass is 10.2. The minimum Gasteiger partial charge on any atom is -0.477 e. The molecule has 1 aromatic rings. The van der Waals surface area contributed by atoms with Crippen molar-refractivity contribution in [3.05, 3.63) is 33.9 Å². The normalized spacial score (nSPS) is 13.0. The number of aliphatic hydroxyl groups is 1. The summed E-state index contributed by atoms with van der Waals surface area (Å²) in [6.07, 6.45) is 0. The molecule has 2 N–H and O–H groups in total. The molecule has 0 aliphatic heterocycles. The molecule has 1 atom stereocenters. The number of nitrogens with zero attached hydrogens (tertiary/aromatic N) is 1. The van der Waals surface area contributed by atoms with Crippen molar-refractivity contribution in [2.24, 2.45) is 0 Å². The van der Waals surface area contributed by atoms with Crippen LogP contribution in [0.2, 0.25) is 0 Å². The van der Waals surface area contributed by atoms with E-state index in [1.54, 1.807) is 0 Å². The molecule has 0 aliphatic rings. The van der Waals surface area contributed by atoms with Crippen molar-refractivity contribution in [1.29, 1.82) is 0 Å². The predicted octanol–water partition coefficient (Wildman–Crippen LogP) is 0.405. The zero-order valence-electron chi connectivity index (χ0n) is 9.10. The Morgan fingerprint density at radius 1 is 1.44 bits per heavy atom. The zero-order chi connectivity index (χ0) is 14.1.